The summed E-state index contributed by atoms with van der Waals surface area (Å²) in [5.41, 5.74) is 5.65. The lowest BCUT2D eigenvalue weighted by molar-refractivity contribution is -0.120. The summed E-state index contributed by atoms with van der Waals surface area (Å²) in [6.45, 7) is 0. The third-order valence-corrected chi connectivity index (χ3v) is 3.53. The molecule has 2 aromatic carbocycles. The van der Waals surface area contributed by atoms with Gasteiger partial charge in [0.2, 0.25) is 5.91 Å². The van der Waals surface area contributed by atoms with Gasteiger partial charge < -0.3 is 4.57 Å². The van der Waals surface area contributed by atoms with E-state index in [1.807, 2.05) is 72.4 Å². The molecular formula is C18H17N3O. The predicted octanol–water partition coefficient (Wildman–Crippen LogP) is 2.87. The Bertz CT molecular complexity index is 819. The fourth-order valence-electron chi connectivity index (χ4n) is 2.50. The Balaban J connectivity index is 1.67. The molecular weight excluding hydrogens is 274 g/mol. The van der Waals surface area contributed by atoms with Crippen molar-refractivity contribution in [1.29, 1.82) is 0 Å². The highest BCUT2D eigenvalue weighted by Gasteiger charge is 2.09. The minimum absolute atomic E-state index is 0.122. The van der Waals surface area contributed by atoms with E-state index in [9.17, 15) is 4.79 Å². The number of carbonyl (C=O) groups excluding carboxylic acids is 1. The van der Waals surface area contributed by atoms with Crippen LogP contribution in [-0.2, 0) is 18.3 Å². The summed E-state index contributed by atoms with van der Waals surface area (Å²) in [5, 5.41) is 5.10. The maximum absolute atomic E-state index is 12.0. The number of hydrogen-bond donors (Lipinski definition) is 1. The predicted molar refractivity (Wildman–Crippen MR) is 88.8 cm³/mol. The third-order valence-electron chi connectivity index (χ3n) is 3.53. The molecule has 1 amide bonds. The van der Waals surface area contributed by atoms with Crippen LogP contribution in [0.25, 0.3) is 10.9 Å². The zero-order valence-corrected chi connectivity index (χ0v) is 12.4. The number of aryl methyl sites for hydroxylation is 1. The first-order chi connectivity index (χ1) is 10.7. The van der Waals surface area contributed by atoms with E-state index in [2.05, 4.69) is 10.5 Å². The Hall–Kier alpha value is -2.88. The Morgan fingerprint density at radius 1 is 1.14 bits per heavy atom. The Morgan fingerprint density at radius 3 is 2.68 bits per heavy atom. The van der Waals surface area contributed by atoms with Gasteiger partial charge in [0, 0.05) is 24.1 Å². The highest BCUT2D eigenvalue weighted by molar-refractivity contribution is 5.89. The topological polar surface area (TPSA) is 46.4 Å². The molecule has 0 aliphatic carbocycles. The molecule has 0 aliphatic rings. The third kappa shape index (κ3) is 3.06. The molecule has 0 saturated heterocycles. The van der Waals surface area contributed by atoms with Crippen molar-refractivity contribution in [3.8, 4) is 0 Å². The van der Waals surface area contributed by atoms with E-state index in [1.54, 1.807) is 6.21 Å². The number of nitrogens with one attached hydrogen (secondary N) is 1. The maximum Gasteiger partial charge on any atom is 0.244 e. The number of carbonyl (C=O) groups is 1. The van der Waals surface area contributed by atoms with Gasteiger partial charge in [-0.2, -0.15) is 5.10 Å². The van der Waals surface area contributed by atoms with Crippen LogP contribution in [0.1, 0.15) is 11.1 Å². The van der Waals surface area contributed by atoms with E-state index in [0.29, 0.717) is 6.42 Å². The molecule has 1 heterocycles. The number of hydrogen-bond acceptors (Lipinski definition) is 2. The zero-order valence-electron chi connectivity index (χ0n) is 12.4. The average Bonchev–Trinajstić information content (AvgIpc) is 2.85. The number of rotatable bonds is 4. The summed E-state index contributed by atoms with van der Waals surface area (Å²) < 4.78 is 2.03. The monoisotopic (exact) mass is 291 g/mol. The van der Waals surface area contributed by atoms with Crippen molar-refractivity contribution in [1.82, 2.24) is 9.99 Å². The molecule has 0 aliphatic heterocycles. The van der Waals surface area contributed by atoms with Crippen LogP contribution in [0, 0.1) is 0 Å². The molecule has 0 atom stereocenters. The van der Waals surface area contributed by atoms with Gasteiger partial charge >= 0.3 is 0 Å². The Morgan fingerprint density at radius 2 is 1.86 bits per heavy atom. The van der Waals surface area contributed by atoms with Gasteiger partial charge in [-0.3, -0.25) is 4.79 Å². The van der Waals surface area contributed by atoms with Gasteiger partial charge in [-0.25, -0.2) is 5.43 Å². The number of hydrazone groups is 1. The van der Waals surface area contributed by atoms with E-state index in [4.69, 9.17) is 0 Å². The van der Waals surface area contributed by atoms with Crippen LogP contribution in [-0.4, -0.2) is 16.7 Å². The molecule has 0 saturated carbocycles. The van der Waals surface area contributed by atoms with Gasteiger partial charge in [0.1, 0.15) is 0 Å². The van der Waals surface area contributed by atoms with Gasteiger partial charge in [0.15, 0.2) is 0 Å². The molecule has 4 nitrogen and oxygen atoms in total. The minimum Gasteiger partial charge on any atom is -0.350 e. The molecule has 0 spiro atoms. The van der Waals surface area contributed by atoms with E-state index < -0.39 is 0 Å². The summed E-state index contributed by atoms with van der Waals surface area (Å²) in [6.07, 6.45) is 3.94. The van der Waals surface area contributed by atoms with Crippen molar-refractivity contribution < 1.29 is 4.79 Å². The second kappa shape index (κ2) is 6.26. The number of aromatic nitrogens is 1. The minimum atomic E-state index is -0.122. The first-order valence-electron chi connectivity index (χ1n) is 7.14. The largest absolute Gasteiger partial charge is 0.350 e. The first-order valence-corrected chi connectivity index (χ1v) is 7.14. The molecule has 0 bridgehead atoms. The van der Waals surface area contributed by atoms with E-state index in [-0.39, 0.29) is 5.91 Å². The van der Waals surface area contributed by atoms with Crippen molar-refractivity contribution >= 4 is 23.0 Å². The van der Waals surface area contributed by atoms with Crippen LogP contribution < -0.4 is 5.43 Å². The molecule has 0 unspecified atom stereocenters. The lowest BCUT2D eigenvalue weighted by Crippen LogP contribution is -2.19. The molecule has 0 fully saturated rings. The number of nitrogens with zero attached hydrogens (tertiary/aromatic N) is 2. The van der Waals surface area contributed by atoms with E-state index in [0.717, 1.165) is 22.0 Å². The van der Waals surface area contributed by atoms with Crippen molar-refractivity contribution in [2.75, 3.05) is 0 Å². The van der Waals surface area contributed by atoms with Gasteiger partial charge in [-0.15, -0.1) is 0 Å². The van der Waals surface area contributed by atoms with Crippen LogP contribution in [0.4, 0.5) is 0 Å². The van der Waals surface area contributed by atoms with E-state index >= 15 is 0 Å². The number of benzene rings is 2. The highest BCUT2D eigenvalue weighted by Crippen LogP contribution is 2.20. The first kappa shape index (κ1) is 14.1. The fraction of sp³-hybridized carbons (Fsp3) is 0.111. The van der Waals surface area contributed by atoms with Crippen LogP contribution in [0.5, 0.6) is 0 Å². The summed E-state index contributed by atoms with van der Waals surface area (Å²) in [6, 6.07) is 17.7. The van der Waals surface area contributed by atoms with Crippen LogP contribution in [0.3, 0.4) is 0 Å². The molecule has 110 valence electrons. The summed E-state index contributed by atoms with van der Waals surface area (Å²) in [5.74, 6) is -0.122. The zero-order chi connectivity index (χ0) is 15.4. The maximum atomic E-state index is 12.0. The van der Waals surface area contributed by atoms with Gasteiger partial charge in [0.05, 0.1) is 12.6 Å². The van der Waals surface area contributed by atoms with Gasteiger partial charge in [0.25, 0.3) is 0 Å². The van der Waals surface area contributed by atoms with Crippen LogP contribution in [0.15, 0.2) is 65.9 Å². The van der Waals surface area contributed by atoms with Crippen LogP contribution >= 0.6 is 0 Å². The number of para-hydroxylation sites is 1. The molecule has 0 radical (unpaired) electrons. The second-order valence-electron chi connectivity index (χ2n) is 5.16. The summed E-state index contributed by atoms with van der Waals surface area (Å²) >= 11 is 0. The molecule has 3 aromatic rings. The van der Waals surface area contributed by atoms with Crippen molar-refractivity contribution in [3.05, 3.63) is 71.9 Å². The molecule has 3 rings (SSSR count). The second-order valence-corrected chi connectivity index (χ2v) is 5.16. The summed E-state index contributed by atoms with van der Waals surface area (Å²) in [4.78, 5) is 12.0. The molecule has 4 heteroatoms. The summed E-state index contributed by atoms with van der Waals surface area (Å²) in [7, 11) is 1.98. The number of amides is 1. The van der Waals surface area contributed by atoms with E-state index in [1.165, 1.54) is 0 Å². The smallest absolute Gasteiger partial charge is 0.244 e. The van der Waals surface area contributed by atoms with Crippen LogP contribution in [0.2, 0.25) is 0 Å². The fourth-order valence-corrected chi connectivity index (χ4v) is 2.50. The molecule has 22 heavy (non-hydrogen) atoms. The average molecular weight is 291 g/mol. The highest BCUT2D eigenvalue weighted by atomic mass is 16.2. The Kier molecular flexibility index (Phi) is 4.01. The van der Waals surface area contributed by atoms with Gasteiger partial charge in [-0.05, 0) is 17.2 Å². The Labute approximate surface area is 129 Å². The lowest BCUT2D eigenvalue weighted by Gasteiger charge is -1.99. The van der Waals surface area contributed by atoms with Crippen molar-refractivity contribution in [2.24, 2.45) is 12.1 Å². The van der Waals surface area contributed by atoms with Crippen molar-refractivity contribution in [3.63, 3.8) is 0 Å². The quantitative estimate of drug-likeness (QED) is 0.583. The van der Waals surface area contributed by atoms with Crippen molar-refractivity contribution in [2.45, 2.75) is 6.42 Å². The molecule has 1 aromatic heterocycles. The van der Waals surface area contributed by atoms with Gasteiger partial charge in [-0.1, -0.05) is 48.5 Å². The molecule has 1 N–H and O–H groups in total. The number of fused-ring (bicyclic) bond motifs is 1. The SMILES string of the molecule is Cn1cc(CC(=O)N/N=C/c2ccccc2)c2ccccc21. The lowest BCUT2D eigenvalue weighted by atomic mass is 10.1. The standard InChI is InChI=1S/C18H17N3O/c1-21-13-15(16-9-5-6-10-17(16)21)11-18(22)20-19-12-14-7-3-2-4-8-14/h2-10,12-13H,11H2,1H3,(H,20,22)/b19-12+. The normalized spacial score (nSPS) is 11.1.